The van der Waals surface area contributed by atoms with Crippen molar-refractivity contribution >= 4 is 27.7 Å². The van der Waals surface area contributed by atoms with Crippen molar-refractivity contribution in [1.29, 1.82) is 0 Å². The van der Waals surface area contributed by atoms with E-state index in [1.54, 1.807) is 23.9 Å². The van der Waals surface area contributed by atoms with E-state index in [4.69, 9.17) is 14.6 Å². The first-order valence-electron chi connectivity index (χ1n) is 10.2. The lowest BCUT2D eigenvalue weighted by Crippen LogP contribution is -2.37. The van der Waals surface area contributed by atoms with Crippen molar-refractivity contribution in [1.82, 2.24) is 14.8 Å². The number of morpholine rings is 1. The predicted molar refractivity (Wildman–Crippen MR) is 123 cm³/mol. The van der Waals surface area contributed by atoms with Gasteiger partial charge in [-0.25, -0.2) is 13.6 Å². The predicted octanol–water partition coefficient (Wildman–Crippen LogP) is 2.23. The molecule has 1 aliphatic rings. The average molecular weight is 476 g/mol. The Morgan fingerprint density at radius 2 is 1.75 bits per heavy atom. The van der Waals surface area contributed by atoms with Gasteiger partial charge in [-0.2, -0.15) is 0 Å². The molecule has 2 N–H and O–H groups in total. The zero-order chi connectivity index (χ0) is 22.6. The molecule has 9 nitrogen and oxygen atoms in total. The summed E-state index contributed by atoms with van der Waals surface area (Å²) < 4.78 is 36.0. The van der Waals surface area contributed by atoms with Gasteiger partial charge in [-0.15, -0.1) is 10.2 Å². The van der Waals surface area contributed by atoms with Crippen molar-refractivity contribution in [3.05, 3.63) is 54.1 Å². The number of primary sulfonamides is 1. The van der Waals surface area contributed by atoms with Crippen molar-refractivity contribution < 1.29 is 17.9 Å². The van der Waals surface area contributed by atoms with Gasteiger partial charge in [0.2, 0.25) is 16.0 Å². The summed E-state index contributed by atoms with van der Waals surface area (Å²) in [5.74, 6) is 2.02. The lowest BCUT2D eigenvalue weighted by Gasteiger charge is -2.28. The molecule has 1 fully saturated rings. The molecule has 0 bridgehead atoms. The third-order valence-corrected chi connectivity index (χ3v) is 6.76. The Bertz CT molecular complexity index is 1140. The summed E-state index contributed by atoms with van der Waals surface area (Å²) in [6.07, 6.45) is 0. The average Bonchev–Trinajstić information content (AvgIpc) is 3.21. The van der Waals surface area contributed by atoms with E-state index in [0.717, 1.165) is 29.9 Å². The number of nitrogens with zero attached hydrogens (tertiary/aromatic N) is 4. The number of nitrogens with two attached hydrogens (primary N) is 1. The van der Waals surface area contributed by atoms with Crippen molar-refractivity contribution in [2.24, 2.45) is 5.14 Å². The van der Waals surface area contributed by atoms with Crippen LogP contribution in [0.15, 0.2) is 58.6 Å². The van der Waals surface area contributed by atoms with Gasteiger partial charge in [0.15, 0.2) is 5.16 Å². The number of aromatic nitrogens is 3. The minimum Gasteiger partial charge on any atom is -0.493 e. The molecule has 4 rings (SSSR count). The number of sulfonamides is 1. The Morgan fingerprint density at radius 1 is 1.06 bits per heavy atom. The molecule has 11 heteroatoms. The van der Waals surface area contributed by atoms with E-state index in [9.17, 15) is 8.42 Å². The van der Waals surface area contributed by atoms with Crippen LogP contribution in [0.1, 0.15) is 5.56 Å². The summed E-state index contributed by atoms with van der Waals surface area (Å²) in [4.78, 5) is 2.24. The molecular weight excluding hydrogens is 450 g/mol. The number of hydrogen-bond donors (Lipinski definition) is 1. The van der Waals surface area contributed by atoms with Gasteiger partial charge >= 0.3 is 0 Å². The summed E-state index contributed by atoms with van der Waals surface area (Å²) in [5.41, 5.74) is 2.19. The molecule has 0 aliphatic carbocycles. The third-order valence-electron chi connectivity index (χ3n) is 4.94. The van der Waals surface area contributed by atoms with Crippen LogP contribution in [0, 0.1) is 6.92 Å². The SMILES string of the molecule is Cc1ccc(-n2c(SCCOc3ccc(S(N)(=O)=O)cc3)nnc2N2CCOCC2)cc1. The minimum absolute atomic E-state index is 0.0565. The Balaban J connectivity index is 1.45. The van der Waals surface area contributed by atoms with Gasteiger partial charge in [0, 0.05) is 18.8 Å². The molecule has 1 saturated heterocycles. The van der Waals surface area contributed by atoms with Crippen LogP contribution in [-0.2, 0) is 14.8 Å². The number of anilines is 1. The van der Waals surface area contributed by atoms with Crippen molar-refractivity contribution in [3.63, 3.8) is 0 Å². The molecule has 0 radical (unpaired) electrons. The number of thioether (sulfide) groups is 1. The van der Waals surface area contributed by atoms with Crippen molar-refractivity contribution in [3.8, 4) is 11.4 Å². The van der Waals surface area contributed by atoms with Gasteiger partial charge in [-0.1, -0.05) is 29.5 Å². The van der Waals surface area contributed by atoms with Crippen LogP contribution < -0.4 is 14.8 Å². The third kappa shape index (κ3) is 5.41. The van der Waals surface area contributed by atoms with E-state index in [1.165, 1.54) is 17.7 Å². The number of hydrogen-bond acceptors (Lipinski definition) is 8. The van der Waals surface area contributed by atoms with Gasteiger partial charge < -0.3 is 14.4 Å². The van der Waals surface area contributed by atoms with Crippen LogP contribution in [0.2, 0.25) is 0 Å². The topological polar surface area (TPSA) is 113 Å². The number of benzene rings is 2. The highest BCUT2D eigenvalue weighted by molar-refractivity contribution is 7.99. The molecule has 3 aromatic rings. The van der Waals surface area contributed by atoms with Crippen molar-refractivity contribution in [2.45, 2.75) is 17.0 Å². The monoisotopic (exact) mass is 475 g/mol. The Morgan fingerprint density at radius 3 is 2.41 bits per heavy atom. The lowest BCUT2D eigenvalue weighted by molar-refractivity contribution is 0.122. The molecule has 1 aromatic heterocycles. The highest BCUT2D eigenvalue weighted by Crippen LogP contribution is 2.27. The highest BCUT2D eigenvalue weighted by Gasteiger charge is 2.21. The fraction of sp³-hybridized carbons (Fsp3) is 0.333. The minimum atomic E-state index is -3.71. The summed E-state index contributed by atoms with van der Waals surface area (Å²) in [7, 11) is -3.71. The molecule has 0 unspecified atom stereocenters. The van der Waals surface area contributed by atoms with Crippen LogP contribution in [0.3, 0.4) is 0 Å². The first-order valence-corrected chi connectivity index (χ1v) is 12.7. The second kappa shape index (κ2) is 9.90. The molecule has 0 atom stereocenters. The van der Waals surface area contributed by atoms with Crippen molar-refractivity contribution in [2.75, 3.05) is 43.6 Å². The Hall–Kier alpha value is -2.60. The second-order valence-electron chi connectivity index (χ2n) is 7.27. The maximum absolute atomic E-state index is 11.4. The largest absolute Gasteiger partial charge is 0.493 e. The van der Waals surface area contributed by atoms with Gasteiger partial charge in [0.1, 0.15) is 5.75 Å². The van der Waals surface area contributed by atoms with Gasteiger partial charge in [0.25, 0.3) is 0 Å². The van der Waals surface area contributed by atoms with E-state index >= 15 is 0 Å². The van der Waals surface area contributed by atoms with Gasteiger partial charge in [-0.3, -0.25) is 4.57 Å². The van der Waals surface area contributed by atoms with Crippen LogP contribution in [-0.4, -0.2) is 61.8 Å². The maximum Gasteiger partial charge on any atom is 0.238 e. The quantitative estimate of drug-likeness (QED) is 0.390. The summed E-state index contributed by atoms with van der Waals surface area (Å²) in [6.45, 7) is 5.36. The van der Waals surface area contributed by atoms with E-state index in [0.29, 0.717) is 31.3 Å². The normalized spacial score (nSPS) is 14.5. The number of aryl methyl sites for hydroxylation is 1. The zero-order valence-corrected chi connectivity index (χ0v) is 19.3. The molecule has 0 amide bonds. The number of rotatable bonds is 8. The second-order valence-corrected chi connectivity index (χ2v) is 9.89. The molecule has 32 heavy (non-hydrogen) atoms. The van der Waals surface area contributed by atoms with E-state index in [-0.39, 0.29) is 4.90 Å². The first-order chi connectivity index (χ1) is 15.4. The standard InChI is InChI=1S/C21H25N5O4S2/c1-16-2-4-17(5-3-16)26-20(25-10-12-29-13-11-25)23-24-21(26)31-15-14-30-18-6-8-19(9-7-18)32(22,27)28/h2-9H,10-15H2,1H3,(H2,22,27,28). The highest BCUT2D eigenvalue weighted by atomic mass is 32.2. The Kier molecular flexibility index (Phi) is 6.99. The first kappa shape index (κ1) is 22.6. The van der Waals surface area contributed by atoms with E-state index in [2.05, 4.69) is 50.9 Å². The fourth-order valence-electron chi connectivity index (χ4n) is 3.26. The summed E-state index contributed by atoms with van der Waals surface area (Å²) in [5, 5.41) is 14.8. The molecule has 2 heterocycles. The van der Waals surface area contributed by atoms with E-state index in [1.807, 2.05) is 0 Å². The lowest BCUT2D eigenvalue weighted by atomic mass is 10.2. The summed E-state index contributed by atoms with van der Waals surface area (Å²) in [6, 6.07) is 14.3. The number of ether oxygens (including phenoxy) is 2. The fourth-order valence-corrected chi connectivity index (χ4v) is 4.54. The molecule has 170 valence electrons. The van der Waals surface area contributed by atoms with Crippen LogP contribution >= 0.6 is 11.8 Å². The molecule has 0 spiro atoms. The smallest absolute Gasteiger partial charge is 0.238 e. The van der Waals surface area contributed by atoms with Crippen LogP contribution in [0.4, 0.5) is 5.95 Å². The molecule has 1 aliphatic heterocycles. The molecule has 2 aromatic carbocycles. The zero-order valence-electron chi connectivity index (χ0n) is 17.7. The maximum atomic E-state index is 11.4. The van der Waals surface area contributed by atoms with Crippen LogP contribution in [0.5, 0.6) is 5.75 Å². The summed E-state index contributed by atoms with van der Waals surface area (Å²) >= 11 is 1.55. The molecular formula is C21H25N5O4S2. The van der Waals surface area contributed by atoms with Crippen LogP contribution in [0.25, 0.3) is 5.69 Å². The molecule has 0 saturated carbocycles. The van der Waals surface area contributed by atoms with Gasteiger partial charge in [0.05, 0.1) is 30.4 Å². The van der Waals surface area contributed by atoms with Gasteiger partial charge in [-0.05, 0) is 43.3 Å². The Labute approximate surface area is 191 Å². The van der Waals surface area contributed by atoms with E-state index < -0.39 is 10.0 Å².